The molecule has 1 aromatic heterocycles. The molecule has 0 spiro atoms. The first-order valence-electron chi connectivity index (χ1n) is 8.13. The van der Waals surface area contributed by atoms with Gasteiger partial charge in [0.05, 0.1) is 11.6 Å². The Morgan fingerprint density at radius 1 is 1.27 bits per heavy atom. The van der Waals surface area contributed by atoms with Gasteiger partial charge >= 0.3 is 6.18 Å². The average Bonchev–Trinajstić information content (AvgIpc) is 3.05. The van der Waals surface area contributed by atoms with E-state index in [9.17, 15) is 18.0 Å². The topological polar surface area (TPSA) is 45.2 Å². The molecule has 0 aliphatic carbocycles. The summed E-state index contributed by atoms with van der Waals surface area (Å²) in [7, 11) is 0. The molecular weight excluding hydrogens is 343 g/mol. The van der Waals surface area contributed by atoms with E-state index in [1.165, 1.54) is 12.1 Å². The number of likely N-dealkylation sites (tertiary alicyclic amines) is 1. The number of carbonyl (C=O) groups is 1. The fourth-order valence-corrected chi connectivity index (χ4v) is 3.19. The van der Waals surface area contributed by atoms with Gasteiger partial charge in [0.25, 0.3) is 0 Å². The van der Waals surface area contributed by atoms with Gasteiger partial charge in [0.2, 0.25) is 5.91 Å². The molecule has 4 nitrogen and oxygen atoms in total. The van der Waals surface area contributed by atoms with E-state index in [2.05, 4.69) is 16.9 Å². The summed E-state index contributed by atoms with van der Waals surface area (Å²) in [4.78, 5) is 17.7. The molecule has 0 bridgehead atoms. The normalized spacial score (nSPS) is 20.0. The molecular formula is C19H18F3N3O. The third-order valence-electron chi connectivity index (χ3n) is 4.46. The first-order chi connectivity index (χ1) is 12.4. The smallest absolute Gasteiger partial charge is 0.380 e. The van der Waals surface area contributed by atoms with Gasteiger partial charge in [-0.2, -0.15) is 13.2 Å². The van der Waals surface area contributed by atoms with Gasteiger partial charge in [-0.3, -0.25) is 9.78 Å². The third kappa shape index (κ3) is 3.87. The number of nitrogens with one attached hydrogen (secondary N) is 1. The van der Waals surface area contributed by atoms with Gasteiger partial charge in [-0.15, -0.1) is 0 Å². The van der Waals surface area contributed by atoms with Crippen molar-refractivity contribution in [1.29, 1.82) is 0 Å². The number of halogens is 3. The van der Waals surface area contributed by atoms with E-state index in [-0.39, 0.29) is 17.9 Å². The molecule has 0 saturated carbocycles. The molecule has 2 aromatic rings. The Morgan fingerprint density at radius 3 is 2.73 bits per heavy atom. The molecule has 1 aliphatic rings. The van der Waals surface area contributed by atoms with Crippen LogP contribution >= 0.6 is 0 Å². The number of alkyl halides is 3. The minimum Gasteiger partial charge on any atom is -0.380 e. The highest BCUT2D eigenvalue weighted by Crippen LogP contribution is 2.33. The number of nitrogens with zero attached hydrogens (tertiary/aromatic N) is 2. The van der Waals surface area contributed by atoms with Crippen molar-refractivity contribution in [1.82, 2.24) is 9.88 Å². The maximum atomic E-state index is 12.9. The molecule has 1 saturated heterocycles. The van der Waals surface area contributed by atoms with Crippen molar-refractivity contribution in [2.45, 2.75) is 18.1 Å². The van der Waals surface area contributed by atoms with Crippen LogP contribution in [0.2, 0.25) is 0 Å². The molecule has 3 rings (SSSR count). The molecule has 0 radical (unpaired) electrons. The molecule has 2 heterocycles. The fraction of sp³-hybridized carbons (Fsp3) is 0.263. The van der Waals surface area contributed by atoms with Gasteiger partial charge < -0.3 is 10.2 Å². The second-order valence-corrected chi connectivity index (χ2v) is 6.17. The second-order valence-electron chi connectivity index (χ2n) is 6.17. The van der Waals surface area contributed by atoms with Crippen LogP contribution in [0.15, 0.2) is 61.4 Å². The van der Waals surface area contributed by atoms with Crippen molar-refractivity contribution >= 4 is 11.6 Å². The van der Waals surface area contributed by atoms with Crippen molar-refractivity contribution < 1.29 is 18.0 Å². The van der Waals surface area contributed by atoms with Crippen LogP contribution in [0.1, 0.15) is 17.0 Å². The monoisotopic (exact) mass is 361 g/mol. The number of aromatic nitrogens is 1. The lowest BCUT2D eigenvalue weighted by atomic mass is 9.95. The van der Waals surface area contributed by atoms with Crippen molar-refractivity contribution in [3.8, 4) is 0 Å². The van der Waals surface area contributed by atoms with Crippen LogP contribution in [-0.4, -0.2) is 34.9 Å². The van der Waals surface area contributed by atoms with Crippen LogP contribution in [-0.2, 0) is 11.0 Å². The fourth-order valence-electron chi connectivity index (χ4n) is 3.19. The number of anilines is 1. The van der Waals surface area contributed by atoms with Crippen molar-refractivity contribution in [2.24, 2.45) is 0 Å². The Labute approximate surface area is 149 Å². The summed E-state index contributed by atoms with van der Waals surface area (Å²) < 4.78 is 38.8. The summed E-state index contributed by atoms with van der Waals surface area (Å²) in [6, 6.07) is 8.55. The highest BCUT2D eigenvalue weighted by molar-refractivity contribution is 5.87. The van der Waals surface area contributed by atoms with Crippen LogP contribution < -0.4 is 5.32 Å². The number of carbonyl (C=O) groups excluding carboxylic acids is 1. The molecule has 1 fully saturated rings. The predicted molar refractivity (Wildman–Crippen MR) is 92.6 cm³/mol. The Morgan fingerprint density at radius 2 is 2.08 bits per heavy atom. The zero-order chi connectivity index (χ0) is 18.7. The average molecular weight is 361 g/mol. The van der Waals surface area contributed by atoms with Gasteiger partial charge in [0, 0.05) is 37.1 Å². The van der Waals surface area contributed by atoms with E-state index >= 15 is 0 Å². The predicted octanol–water partition coefficient (Wildman–Crippen LogP) is 3.69. The van der Waals surface area contributed by atoms with Crippen LogP contribution in [0.5, 0.6) is 0 Å². The molecule has 2 atom stereocenters. The van der Waals surface area contributed by atoms with Crippen LogP contribution in [0.25, 0.3) is 0 Å². The zero-order valence-corrected chi connectivity index (χ0v) is 13.9. The minimum atomic E-state index is -4.40. The van der Waals surface area contributed by atoms with E-state index in [4.69, 9.17) is 0 Å². The molecule has 7 heteroatoms. The number of hydrogen-bond donors (Lipinski definition) is 1. The largest absolute Gasteiger partial charge is 0.416 e. The molecule has 136 valence electrons. The Bertz CT molecular complexity index is 792. The van der Waals surface area contributed by atoms with Crippen LogP contribution in [0.4, 0.5) is 18.9 Å². The summed E-state index contributed by atoms with van der Waals surface area (Å²) in [6.45, 7) is 4.33. The second kappa shape index (κ2) is 7.19. The number of pyridine rings is 1. The maximum absolute atomic E-state index is 12.9. The number of rotatable bonds is 4. The van der Waals surface area contributed by atoms with Crippen molar-refractivity contribution in [3.63, 3.8) is 0 Å². The lowest BCUT2D eigenvalue weighted by Gasteiger charge is -2.21. The summed E-state index contributed by atoms with van der Waals surface area (Å²) in [6.07, 6.45) is 0.210. The van der Waals surface area contributed by atoms with Crippen LogP contribution in [0.3, 0.4) is 0 Å². The molecule has 1 aromatic carbocycles. The first-order valence-corrected chi connectivity index (χ1v) is 8.13. The van der Waals surface area contributed by atoms with E-state index in [0.29, 0.717) is 18.8 Å². The summed E-state index contributed by atoms with van der Waals surface area (Å²) >= 11 is 0. The minimum absolute atomic E-state index is 0.0813. The highest BCUT2D eigenvalue weighted by Gasteiger charge is 2.36. The van der Waals surface area contributed by atoms with E-state index < -0.39 is 11.7 Å². The lowest BCUT2D eigenvalue weighted by molar-refractivity contribution is -0.137. The van der Waals surface area contributed by atoms with Gasteiger partial charge in [0.15, 0.2) is 0 Å². The van der Waals surface area contributed by atoms with Gasteiger partial charge in [-0.05, 0) is 35.9 Å². The highest BCUT2D eigenvalue weighted by atomic mass is 19.4. The number of amides is 1. The maximum Gasteiger partial charge on any atom is 0.416 e. The Balaban J connectivity index is 1.86. The van der Waals surface area contributed by atoms with E-state index in [1.807, 2.05) is 6.07 Å². The number of hydrogen-bond acceptors (Lipinski definition) is 3. The zero-order valence-electron chi connectivity index (χ0n) is 13.9. The molecule has 1 amide bonds. The van der Waals surface area contributed by atoms with Gasteiger partial charge in [-0.1, -0.05) is 18.7 Å². The molecule has 26 heavy (non-hydrogen) atoms. The van der Waals surface area contributed by atoms with E-state index in [1.54, 1.807) is 29.4 Å². The quantitative estimate of drug-likeness (QED) is 0.845. The number of benzene rings is 1. The Kier molecular flexibility index (Phi) is 4.97. The van der Waals surface area contributed by atoms with E-state index in [0.717, 1.165) is 17.7 Å². The Hall–Kier alpha value is -2.83. The summed E-state index contributed by atoms with van der Waals surface area (Å²) in [5.41, 5.74) is 0.584. The SMILES string of the molecule is C=CC(=O)N1C[C@@H](Nc2cccc(C(F)(F)F)c2)[C@H](c2cccnc2)C1. The van der Waals surface area contributed by atoms with Crippen molar-refractivity contribution in [2.75, 3.05) is 18.4 Å². The molecule has 1 aliphatic heterocycles. The third-order valence-corrected chi connectivity index (χ3v) is 4.46. The van der Waals surface area contributed by atoms with Gasteiger partial charge in [-0.25, -0.2) is 0 Å². The lowest BCUT2D eigenvalue weighted by Crippen LogP contribution is -2.30. The van der Waals surface area contributed by atoms with Crippen LogP contribution in [0, 0.1) is 0 Å². The standard InChI is InChI=1S/C19H18F3N3O/c1-2-18(26)25-11-16(13-5-4-8-23-10-13)17(12-25)24-15-7-3-6-14(9-15)19(20,21)22/h2-10,16-17,24H,1,11-12H2/t16-,17+/m0/s1. The summed E-state index contributed by atoms with van der Waals surface area (Å²) in [5, 5.41) is 3.15. The molecule has 1 N–H and O–H groups in total. The van der Waals surface area contributed by atoms with Crippen molar-refractivity contribution in [3.05, 3.63) is 72.6 Å². The molecule has 0 unspecified atom stereocenters. The van der Waals surface area contributed by atoms with Gasteiger partial charge in [0.1, 0.15) is 0 Å². The summed E-state index contributed by atoms with van der Waals surface area (Å²) in [5.74, 6) is -0.283. The first kappa shape index (κ1) is 18.0.